The van der Waals surface area contributed by atoms with Gasteiger partial charge in [0.25, 0.3) is 0 Å². The number of amides is 1. The van der Waals surface area contributed by atoms with Crippen LogP contribution in [-0.4, -0.2) is 26.3 Å². The van der Waals surface area contributed by atoms with Crippen LogP contribution < -0.4 is 5.32 Å². The summed E-state index contributed by atoms with van der Waals surface area (Å²) in [6, 6.07) is 10.3. The van der Waals surface area contributed by atoms with Crippen molar-refractivity contribution in [1.82, 2.24) is 15.2 Å². The molecule has 0 spiro atoms. The number of carbonyl (C=O) groups is 1. The molecule has 1 unspecified atom stereocenters. The third-order valence-corrected chi connectivity index (χ3v) is 5.32. The second kappa shape index (κ2) is 9.05. The minimum atomic E-state index is -0.361. The quantitative estimate of drug-likeness (QED) is 0.551. The van der Waals surface area contributed by atoms with Gasteiger partial charge in [-0.15, -0.1) is 5.10 Å². The minimum absolute atomic E-state index is 0.0988. The highest BCUT2D eigenvalue weighted by Crippen LogP contribution is 2.25. The van der Waals surface area contributed by atoms with Gasteiger partial charge in [-0.2, -0.15) is 0 Å². The fraction of sp³-hybridized carbons (Fsp3) is 0.227. The smallest absolute Gasteiger partial charge is 0.237 e. The number of aryl methyl sites for hydroxylation is 3. The predicted octanol–water partition coefficient (Wildman–Crippen LogP) is 5.16. The minimum Gasteiger partial charge on any atom is -0.325 e. The van der Waals surface area contributed by atoms with E-state index >= 15 is 0 Å². The largest absolute Gasteiger partial charge is 0.325 e. The summed E-state index contributed by atoms with van der Waals surface area (Å²) in [4.78, 5) is 17.0. The lowest BCUT2D eigenvalue weighted by Crippen LogP contribution is -2.23. The summed E-state index contributed by atoms with van der Waals surface area (Å²) in [5.41, 5.74) is 4.96. The first-order chi connectivity index (χ1) is 13.8. The Balaban J connectivity index is 1.61. The normalized spacial score (nSPS) is 12.3. The molecule has 29 heavy (non-hydrogen) atoms. The number of thioether (sulfide) groups is 1. The Hall–Kier alpha value is -2.93. The summed E-state index contributed by atoms with van der Waals surface area (Å²) < 4.78 is 13.0. The molecule has 0 aliphatic rings. The molecule has 5 nitrogen and oxygen atoms in total. The monoisotopic (exact) mass is 410 g/mol. The molecule has 0 fully saturated rings. The van der Waals surface area contributed by atoms with Crippen LogP contribution in [0.3, 0.4) is 0 Å². The Labute approximate surface area is 173 Å². The molecular weight excluding hydrogens is 387 g/mol. The molecule has 0 saturated heterocycles. The van der Waals surface area contributed by atoms with E-state index in [9.17, 15) is 9.18 Å². The third-order valence-electron chi connectivity index (χ3n) is 4.36. The lowest BCUT2D eigenvalue weighted by molar-refractivity contribution is -0.115. The molecule has 0 saturated carbocycles. The molecule has 2 aromatic carbocycles. The van der Waals surface area contributed by atoms with Crippen molar-refractivity contribution in [3.8, 4) is 0 Å². The van der Waals surface area contributed by atoms with Gasteiger partial charge in [0.2, 0.25) is 11.1 Å². The van der Waals surface area contributed by atoms with Gasteiger partial charge in [-0.05, 0) is 62.6 Å². The second-order valence-corrected chi connectivity index (χ2v) is 8.22. The first-order valence-electron chi connectivity index (χ1n) is 9.23. The first-order valence-corrected chi connectivity index (χ1v) is 10.1. The Bertz CT molecular complexity index is 1020. The van der Waals surface area contributed by atoms with Crippen molar-refractivity contribution in [3.05, 3.63) is 70.3 Å². The van der Waals surface area contributed by atoms with E-state index in [0.29, 0.717) is 11.0 Å². The zero-order chi connectivity index (χ0) is 21.0. The van der Waals surface area contributed by atoms with Gasteiger partial charge in [0.15, 0.2) is 0 Å². The average Bonchev–Trinajstić information content (AvgIpc) is 3.11. The Morgan fingerprint density at radius 2 is 1.79 bits per heavy atom. The fourth-order valence-electron chi connectivity index (χ4n) is 2.95. The lowest BCUT2D eigenvalue weighted by Gasteiger charge is -2.15. The summed E-state index contributed by atoms with van der Waals surface area (Å²) in [5.74, 6) is 0.191. The van der Waals surface area contributed by atoms with Gasteiger partial charge < -0.3 is 5.32 Å². The number of rotatable bonds is 6. The van der Waals surface area contributed by atoms with E-state index in [1.807, 2.05) is 33.8 Å². The molecular formula is C22H23FN4OS. The molecule has 0 bridgehead atoms. The first kappa shape index (κ1) is 20.8. The second-order valence-electron chi connectivity index (χ2n) is 6.91. The number of carbonyl (C=O) groups excluding carboxylic acids is 1. The number of nitrogens with one attached hydrogen (secondary N) is 2. The van der Waals surface area contributed by atoms with Crippen LogP contribution in [0, 0.1) is 26.6 Å². The van der Waals surface area contributed by atoms with Crippen LogP contribution in [0.5, 0.6) is 0 Å². The number of halogens is 1. The standard InChI is InChI=1S/C22H23FN4OS/c1-13-11-14(2)20(15(3)12-13)25-21(28)16(4)29-22-24-19(26-27-22)10-7-17-5-8-18(23)9-6-17/h5-12,16H,1-4H3,(H,25,28)(H,24,26,27)/b10-7+. The number of H-pyrrole nitrogens is 1. The molecule has 0 aliphatic carbocycles. The Morgan fingerprint density at radius 3 is 2.45 bits per heavy atom. The number of hydrogen-bond acceptors (Lipinski definition) is 4. The highest BCUT2D eigenvalue weighted by Gasteiger charge is 2.18. The number of nitrogens with zero attached hydrogens (tertiary/aromatic N) is 2. The number of aromatic amines is 1. The fourth-order valence-corrected chi connectivity index (χ4v) is 3.68. The molecule has 1 atom stereocenters. The summed E-state index contributed by atoms with van der Waals surface area (Å²) in [7, 11) is 0. The molecule has 2 N–H and O–H groups in total. The number of benzene rings is 2. The Morgan fingerprint density at radius 1 is 1.14 bits per heavy atom. The lowest BCUT2D eigenvalue weighted by atomic mass is 10.1. The molecule has 0 aliphatic heterocycles. The van der Waals surface area contributed by atoms with Gasteiger partial charge in [-0.3, -0.25) is 9.89 Å². The van der Waals surface area contributed by atoms with Crippen molar-refractivity contribution < 1.29 is 9.18 Å². The van der Waals surface area contributed by atoms with Crippen molar-refractivity contribution in [2.45, 2.75) is 38.1 Å². The van der Waals surface area contributed by atoms with Gasteiger partial charge >= 0.3 is 0 Å². The van der Waals surface area contributed by atoms with E-state index in [2.05, 4.69) is 32.6 Å². The maximum absolute atomic E-state index is 13.0. The zero-order valence-corrected chi connectivity index (χ0v) is 17.6. The summed E-state index contributed by atoms with van der Waals surface area (Å²) >= 11 is 1.28. The van der Waals surface area contributed by atoms with Crippen LogP contribution in [-0.2, 0) is 4.79 Å². The molecule has 150 valence electrons. The predicted molar refractivity (Wildman–Crippen MR) is 116 cm³/mol. The van der Waals surface area contributed by atoms with E-state index in [1.54, 1.807) is 18.2 Å². The maximum atomic E-state index is 13.0. The van der Waals surface area contributed by atoms with E-state index in [-0.39, 0.29) is 17.0 Å². The van der Waals surface area contributed by atoms with E-state index in [1.165, 1.54) is 29.5 Å². The molecule has 1 aromatic heterocycles. The van der Waals surface area contributed by atoms with Crippen molar-refractivity contribution >= 4 is 35.5 Å². The number of hydrogen-bond donors (Lipinski definition) is 2. The molecule has 1 heterocycles. The van der Waals surface area contributed by atoms with Crippen molar-refractivity contribution in [2.24, 2.45) is 0 Å². The van der Waals surface area contributed by atoms with Crippen LogP contribution in [0.4, 0.5) is 10.1 Å². The topological polar surface area (TPSA) is 70.7 Å². The van der Waals surface area contributed by atoms with Crippen molar-refractivity contribution in [2.75, 3.05) is 5.32 Å². The molecule has 0 radical (unpaired) electrons. The van der Waals surface area contributed by atoms with Crippen LogP contribution in [0.1, 0.15) is 35.0 Å². The van der Waals surface area contributed by atoms with Crippen molar-refractivity contribution in [3.63, 3.8) is 0 Å². The third kappa shape index (κ3) is 5.54. The summed E-state index contributed by atoms with van der Waals surface area (Å²) in [6.45, 7) is 7.84. The Kier molecular flexibility index (Phi) is 6.49. The van der Waals surface area contributed by atoms with Crippen LogP contribution in [0.25, 0.3) is 12.2 Å². The van der Waals surface area contributed by atoms with Crippen molar-refractivity contribution in [1.29, 1.82) is 0 Å². The SMILES string of the molecule is Cc1cc(C)c(NC(=O)C(C)Sc2n[nH]c(/C=C/c3ccc(F)cc3)n2)c(C)c1. The molecule has 7 heteroatoms. The summed E-state index contributed by atoms with van der Waals surface area (Å²) in [6.07, 6.45) is 3.57. The van der Waals surface area contributed by atoms with Crippen LogP contribution in [0.2, 0.25) is 0 Å². The number of anilines is 1. The average molecular weight is 411 g/mol. The van der Waals surface area contributed by atoms with Gasteiger partial charge in [-0.25, -0.2) is 9.37 Å². The van der Waals surface area contributed by atoms with Crippen LogP contribution in [0.15, 0.2) is 41.6 Å². The molecule has 3 rings (SSSR count). The number of aromatic nitrogens is 3. The van der Waals surface area contributed by atoms with E-state index < -0.39 is 0 Å². The van der Waals surface area contributed by atoms with Gasteiger partial charge in [0, 0.05) is 5.69 Å². The molecule has 1 amide bonds. The summed E-state index contributed by atoms with van der Waals surface area (Å²) in [5, 5.41) is 10.1. The van der Waals surface area contributed by atoms with Gasteiger partial charge in [0.05, 0.1) is 5.25 Å². The molecule has 3 aromatic rings. The van der Waals surface area contributed by atoms with E-state index in [4.69, 9.17) is 0 Å². The zero-order valence-electron chi connectivity index (χ0n) is 16.8. The highest BCUT2D eigenvalue weighted by atomic mass is 32.2. The van der Waals surface area contributed by atoms with E-state index in [0.717, 1.165) is 22.4 Å². The van der Waals surface area contributed by atoms with Gasteiger partial charge in [-0.1, -0.05) is 47.7 Å². The van der Waals surface area contributed by atoms with Crippen LogP contribution >= 0.6 is 11.8 Å². The maximum Gasteiger partial charge on any atom is 0.237 e. The highest BCUT2D eigenvalue weighted by molar-refractivity contribution is 8.00. The van der Waals surface area contributed by atoms with Gasteiger partial charge in [0.1, 0.15) is 11.6 Å².